The molecule has 0 amide bonds. The van der Waals surface area contributed by atoms with Crippen LogP contribution in [0.4, 0.5) is 0 Å². The number of hydrogen-bond acceptors (Lipinski definition) is 1. The molecule has 2 aliphatic rings. The molecule has 11 heavy (non-hydrogen) atoms. The summed E-state index contributed by atoms with van der Waals surface area (Å²) < 4.78 is 0. The van der Waals surface area contributed by atoms with E-state index in [9.17, 15) is 0 Å². The Hall–Kier alpha value is 0.0469. The van der Waals surface area contributed by atoms with Crippen LogP contribution in [0.15, 0.2) is 0 Å². The zero-order valence-electron chi connectivity index (χ0n) is 7.23. The van der Waals surface area contributed by atoms with Gasteiger partial charge < -0.3 is 4.98 Å². The molecule has 2 heteroatoms. The maximum Gasteiger partial charge on any atom is 0.119 e. The van der Waals surface area contributed by atoms with E-state index in [1.165, 1.54) is 44.7 Å². The summed E-state index contributed by atoms with van der Waals surface area (Å²) >= 11 is 0. The Bertz CT molecular complexity index is 104. The summed E-state index contributed by atoms with van der Waals surface area (Å²) in [6.07, 6.45) is 9.87. The largest absolute Gasteiger partial charge is 0.338 e. The average Bonchev–Trinajstić information content (AvgIpc) is 2.07. The van der Waals surface area contributed by atoms with Crippen LogP contribution in [0.1, 0.15) is 32.1 Å². The first-order chi connectivity index (χ1) is 5.41. The van der Waals surface area contributed by atoms with Crippen molar-refractivity contribution in [1.29, 1.82) is 0 Å². The molecule has 0 bridgehead atoms. The molecule has 1 heterocycles. The zero-order valence-corrected chi connectivity index (χ0v) is 8.65. The van der Waals surface area contributed by atoms with Crippen LogP contribution in [0, 0.1) is 11.8 Å². The molecule has 1 unspecified atom stereocenters. The SMILES string of the molecule is [CH+]1CCCCC12CC[SiH2]NC2. The van der Waals surface area contributed by atoms with Crippen molar-refractivity contribution in [2.75, 3.05) is 6.54 Å². The maximum absolute atomic E-state index is 3.65. The standard InChI is InChI=1S/C9H18NSi/c1-2-4-9(5-3-1)6-7-11-10-8-9/h4,10H,1-3,5-8,11H2/q+1. The summed E-state index contributed by atoms with van der Waals surface area (Å²) in [5.41, 5.74) is 0.656. The molecule has 1 atom stereocenters. The van der Waals surface area contributed by atoms with Gasteiger partial charge in [-0.25, -0.2) is 0 Å². The fraction of sp³-hybridized carbons (Fsp3) is 0.889. The van der Waals surface area contributed by atoms with Crippen molar-refractivity contribution in [3.63, 3.8) is 0 Å². The first-order valence-electron chi connectivity index (χ1n) is 4.96. The summed E-state index contributed by atoms with van der Waals surface area (Å²) in [6.45, 7) is 1.32. The van der Waals surface area contributed by atoms with Gasteiger partial charge in [-0.2, -0.15) is 0 Å². The molecule has 1 spiro atoms. The molecule has 1 aliphatic heterocycles. The molecular weight excluding hydrogens is 150 g/mol. The lowest BCUT2D eigenvalue weighted by Crippen LogP contribution is -2.42. The molecule has 1 aliphatic carbocycles. The molecule has 0 aromatic carbocycles. The lowest BCUT2D eigenvalue weighted by atomic mass is 9.72. The van der Waals surface area contributed by atoms with Crippen LogP contribution in [-0.4, -0.2) is 16.2 Å². The van der Waals surface area contributed by atoms with Gasteiger partial charge in [0.05, 0.1) is 22.5 Å². The highest BCUT2D eigenvalue weighted by Crippen LogP contribution is 2.40. The summed E-state index contributed by atoms with van der Waals surface area (Å²) in [5.74, 6) is 0. The van der Waals surface area contributed by atoms with E-state index in [2.05, 4.69) is 11.4 Å². The van der Waals surface area contributed by atoms with Gasteiger partial charge in [-0.3, -0.25) is 0 Å². The van der Waals surface area contributed by atoms with Gasteiger partial charge in [-0.15, -0.1) is 0 Å². The van der Waals surface area contributed by atoms with Crippen molar-refractivity contribution in [3.8, 4) is 0 Å². The van der Waals surface area contributed by atoms with E-state index >= 15 is 0 Å². The van der Waals surface area contributed by atoms with E-state index in [4.69, 9.17) is 0 Å². The topological polar surface area (TPSA) is 12.0 Å². The van der Waals surface area contributed by atoms with E-state index < -0.39 is 0 Å². The van der Waals surface area contributed by atoms with E-state index in [0.717, 1.165) is 0 Å². The Labute approximate surface area is 71.9 Å². The van der Waals surface area contributed by atoms with Crippen molar-refractivity contribution in [1.82, 2.24) is 4.98 Å². The molecule has 1 N–H and O–H groups in total. The highest BCUT2D eigenvalue weighted by molar-refractivity contribution is 6.32. The third kappa shape index (κ3) is 1.62. The molecule has 0 aromatic rings. The number of hydrogen-bond donors (Lipinski definition) is 1. The minimum Gasteiger partial charge on any atom is -0.338 e. The van der Waals surface area contributed by atoms with E-state index in [1.807, 2.05) is 0 Å². The molecular formula is C9H18NSi+. The Morgan fingerprint density at radius 3 is 2.91 bits per heavy atom. The second-order valence-electron chi connectivity index (χ2n) is 4.09. The van der Waals surface area contributed by atoms with Gasteiger partial charge in [-0.1, -0.05) is 0 Å². The normalized spacial score (nSPS) is 40.7. The minimum atomic E-state index is 0.167. The van der Waals surface area contributed by atoms with Crippen molar-refractivity contribution in [3.05, 3.63) is 6.42 Å². The van der Waals surface area contributed by atoms with Crippen LogP contribution in [0.5, 0.6) is 0 Å². The van der Waals surface area contributed by atoms with E-state index in [-0.39, 0.29) is 9.68 Å². The Morgan fingerprint density at radius 2 is 2.27 bits per heavy atom. The second kappa shape index (κ2) is 3.19. The Kier molecular flexibility index (Phi) is 2.23. The van der Waals surface area contributed by atoms with Crippen molar-refractivity contribution in [2.45, 2.75) is 38.1 Å². The molecule has 1 nitrogen and oxygen atoms in total. The van der Waals surface area contributed by atoms with Gasteiger partial charge in [0.15, 0.2) is 0 Å². The molecule has 2 fully saturated rings. The molecule has 62 valence electrons. The molecule has 1 saturated heterocycles. The fourth-order valence-corrected chi connectivity index (χ4v) is 4.32. The van der Waals surface area contributed by atoms with E-state index in [1.54, 1.807) is 0 Å². The highest BCUT2D eigenvalue weighted by atomic mass is 28.2. The Morgan fingerprint density at radius 1 is 1.27 bits per heavy atom. The van der Waals surface area contributed by atoms with Crippen LogP contribution in [0.3, 0.4) is 0 Å². The summed E-state index contributed by atoms with van der Waals surface area (Å²) in [6, 6.07) is 1.52. The third-order valence-corrected chi connectivity index (χ3v) is 4.52. The van der Waals surface area contributed by atoms with Crippen molar-refractivity contribution in [2.24, 2.45) is 5.41 Å². The predicted octanol–water partition coefficient (Wildman–Crippen LogP) is 1.25. The van der Waals surface area contributed by atoms with Crippen LogP contribution >= 0.6 is 0 Å². The van der Waals surface area contributed by atoms with Crippen LogP contribution in [-0.2, 0) is 0 Å². The molecule has 1 saturated carbocycles. The summed E-state index contributed by atoms with van der Waals surface area (Å²) in [7, 11) is 0.167. The minimum absolute atomic E-state index is 0.167. The lowest BCUT2D eigenvalue weighted by molar-refractivity contribution is 0.247. The number of rotatable bonds is 0. The van der Waals surface area contributed by atoms with Gasteiger partial charge in [0, 0.05) is 6.54 Å². The van der Waals surface area contributed by atoms with Crippen LogP contribution in [0.25, 0.3) is 0 Å². The summed E-state index contributed by atoms with van der Waals surface area (Å²) in [4.78, 5) is 3.65. The van der Waals surface area contributed by atoms with Gasteiger partial charge in [0.25, 0.3) is 0 Å². The van der Waals surface area contributed by atoms with Gasteiger partial charge in [0.2, 0.25) is 0 Å². The monoisotopic (exact) mass is 168 g/mol. The van der Waals surface area contributed by atoms with Gasteiger partial charge in [-0.05, 0) is 31.7 Å². The quantitative estimate of drug-likeness (QED) is 0.424. The van der Waals surface area contributed by atoms with Gasteiger partial charge >= 0.3 is 0 Å². The smallest absolute Gasteiger partial charge is 0.119 e. The second-order valence-corrected chi connectivity index (χ2v) is 5.80. The highest BCUT2D eigenvalue weighted by Gasteiger charge is 2.40. The number of nitrogens with one attached hydrogen (secondary N) is 1. The molecule has 0 aromatic heterocycles. The predicted molar refractivity (Wildman–Crippen MR) is 51.2 cm³/mol. The Balaban J connectivity index is 1.94. The lowest BCUT2D eigenvalue weighted by Gasteiger charge is -2.33. The zero-order chi connectivity index (χ0) is 7.57. The average molecular weight is 168 g/mol. The van der Waals surface area contributed by atoms with Crippen LogP contribution < -0.4 is 4.98 Å². The first kappa shape index (κ1) is 7.68. The van der Waals surface area contributed by atoms with Crippen molar-refractivity contribution >= 4 is 9.68 Å². The third-order valence-electron chi connectivity index (χ3n) is 3.21. The van der Waals surface area contributed by atoms with Crippen LogP contribution in [0.2, 0.25) is 6.04 Å². The van der Waals surface area contributed by atoms with Gasteiger partial charge in [0.1, 0.15) is 5.41 Å². The summed E-state index contributed by atoms with van der Waals surface area (Å²) in [5, 5.41) is 0. The van der Waals surface area contributed by atoms with E-state index in [0.29, 0.717) is 5.41 Å². The first-order valence-corrected chi connectivity index (χ1v) is 6.67. The maximum atomic E-state index is 3.65. The fourth-order valence-electron chi connectivity index (χ4n) is 2.51. The van der Waals surface area contributed by atoms with Crippen molar-refractivity contribution < 1.29 is 0 Å². The molecule has 0 radical (unpaired) electrons. The molecule has 2 rings (SSSR count).